The molecular formula is C11H21BrN2. The molecule has 0 bridgehead atoms. The highest BCUT2D eigenvalue weighted by Gasteiger charge is 2.04. The van der Waals surface area contributed by atoms with Gasteiger partial charge in [0, 0.05) is 6.42 Å². The Labute approximate surface area is 97.5 Å². The first-order chi connectivity index (χ1) is 6.34. The highest BCUT2D eigenvalue weighted by atomic mass is 79.9. The number of nitrogens with one attached hydrogen (secondary N) is 1. The molecule has 0 aliphatic carbocycles. The Balaban J connectivity index is 0.00000169. The molecule has 0 aromatic carbocycles. The zero-order valence-electron chi connectivity index (χ0n) is 9.22. The molecule has 14 heavy (non-hydrogen) atoms. The van der Waals surface area contributed by atoms with Gasteiger partial charge >= 0.3 is 0 Å². The highest BCUT2D eigenvalue weighted by molar-refractivity contribution is 4.76. The van der Waals surface area contributed by atoms with E-state index < -0.39 is 0 Å². The van der Waals surface area contributed by atoms with E-state index in [0.717, 1.165) is 0 Å². The van der Waals surface area contributed by atoms with Crippen LogP contribution < -0.4 is 21.5 Å². The van der Waals surface area contributed by atoms with Gasteiger partial charge < -0.3 is 17.0 Å². The Morgan fingerprint density at radius 3 is 2.50 bits per heavy atom. The van der Waals surface area contributed by atoms with Gasteiger partial charge in [-0.15, -0.1) is 0 Å². The summed E-state index contributed by atoms with van der Waals surface area (Å²) in [6, 6.07) is 0. The molecule has 1 rings (SSSR count). The van der Waals surface area contributed by atoms with Crippen LogP contribution in [0.3, 0.4) is 0 Å². The van der Waals surface area contributed by atoms with Gasteiger partial charge in [0.1, 0.15) is 12.4 Å². The molecule has 1 N–H and O–H groups in total. The van der Waals surface area contributed by atoms with Crippen LogP contribution in [0.4, 0.5) is 0 Å². The molecule has 0 amide bonds. The van der Waals surface area contributed by atoms with Gasteiger partial charge in [0.2, 0.25) is 0 Å². The minimum Gasteiger partial charge on any atom is -1.00 e. The van der Waals surface area contributed by atoms with Crippen molar-refractivity contribution in [2.24, 2.45) is 7.05 Å². The summed E-state index contributed by atoms with van der Waals surface area (Å²) in [6.45, 7) is 2.25. The summed E-state index contributed by atoms with van der Waals surface area (Å²) >= 11 is 0. The number of halogens is 1. The summed E-state index contributed by atoms with van der Waals surface area (Å²) in [5, 5.41) is 0. The number of unbranched alkanes of at least 4 members (excludes halogenated alkanes) is 4. The van der Waals surface area contributed by atoms with E-state index in [2.05, 4.69) is 29.7 Å². The molecule has 0 saturated carbocycles. The lowest BCUT2D eigenvalue weighted by Crippen LogP contribution is -3.00. The minimum atomic E-state index is 0. The summed E-state index contributed by atoms with van der Waals surface area (Å²) in [7, 11) is 2.10. The Kier molecular flexibility index (Phi) is 7.86. The fraction of sp³-hybridized carbons (Fsp3) is 0.727. The first-order valence-electron chi connectivity index (χ1n) is 5.36. The third kappa shape index (κ3) is 4.80. The van der Waals surface area contributed by atoms with Crippen molar-refractivity contribution >= 4 is 0 Å². The zero-order chi connectivity index (χ0) is 9.52. The average Bonchev–Trinajstić information content (AvgIpc) is 2.52. The summed E-state index contributed by atoms with van der Waals surface area (Å²) in [6.07, 6.45) is 12.0. The van der Waals surface area contributed by atoms with Gasteiger partial charge in [-0.1, -0.05) is 32.6 Å². The van der Waals surface area contributed by atoms with Crippen molar-refractivity contribution in [2.75, 3.05) is 0 Å². The van der Waals surface area contributed by atoms with Gasteiger partial charge in [-0.05, 0) is 6.42 Å². The fourth-order valence-corrected chi connectivity index (χ4v) is 1.58. The number of aromatic nitrogens is 2. The van der Waals surface area contributed by atoms with Gasteiger partial charge in [0.25, 0.3) is 5.82 Å². The van der Waals surface area contributed by atoms with Crippen molar-refractivity contribution in [1.29, 1.82) is 0 Å². The SMILES string of the molecule is CCCCCCCc1[nH]cc[n+]1C.[Br-]. The average molecular weight is 261 g/mol. The Hall–Kier alpha value is -0.310. The highest BCUT2D eigenvalue weighted by Crippen LogP contribution is 2.04. The van der Waals surface area contributed by atoms with Crippen LogP contribution in [-0.2, 0) is 13.5 Å². The van der Waals surface area contributed by atoms with Crippen molar-refractivity contribution in [2.45, 2.75) is 45.4 Å². The van der Waals surface area contributed by atoms with E-state index in [1.807, 2.05) is 6.20 Å². The van der Waals surface area contributed by atoms with E-state index in [-0.39, 0.29) is 17.0 Å². The normalized spacial score (nSPS) is 9.86. The minimum absolute atomic E-state index is 0. The van der Waals surface area contributed by atoms with Crippen molar-refractivity contribution in [3.8, 4) is 0 Å². The third-order valence-electron chi connectivity index (χ3n) is 2.49. The summed E-state index contributed by atoms with van der Waals surface area (Å²) in [5.41, 5.74) is 0. The van der Waals surface area contributed by atoms with E-state index in [0.29, 0.717) is 0 Å². The number of rotatable bonds is 6. The van der Waals surface area contributed by atoms with Gasteiger partial charge in [-0.2, -0.15) is 0 Å². The van der Waals surface area contributed by atoms with Crippen LogP contribution in [0.15, 0.2) is 12.4 Å². The van der Waals surface area contributed by atoms with Gasteiger partial charge in [-0.25, -0.2) is 9.55 Å². The molecule has 2 nitrogen and oxygen atoms in total. The molecule has 1 heterocycles. The van der Waals surface area contributed by atoms with E-state index in [1.165, 1.54) is 44.3 Å². The topological polar surface area (TPSA) is 19.7 Å². The van der Waals surface area contributed by atoms with Crippen molar-refractivity contribution in [3.63, 3.8) is 0 Å². The van der Waals surface area contributed by atoms with Crippen LogP contribution in [0, 0.1) is 0 Å². The Bertz CT molecular complexity index is 233. The maximum Gasteiger partial charge on any atom is 0.253 e. The van der Waals surface area contributed by atoms with E-state index in [1.54, 1.807) is 0 Å². The second-order valence-electron chi connectivity index (χ2n) is 3.68. The molecule has 82 valence electrons. The largest absolute Gasteiger partial charge is 1.00 e. The zero-order valence-corrected chi connectivity index (χ0v) is 10.8. The van der Waals surface area contributed by atoms with Gasteiger partial charge in [0.05, 0.1) is 7.05 Å². The molecular weight excluding hydrogens is 240 g/mol. The number of imidazole rings is 1. The predicted octanol–water partition coefficient (Wildman–Crippen LogP) is -0.644. The maximum absolute atomic E-state index is 3.26. The van der Waals surface area contributed by atoms with Crippen LogP contribution in [0.1, 0.15) is 44.9 Å². The van der Waals surface area contributed by atoms with Gasteiger partial charge in [-0.3, -0.25) is 0 Å². The van der Waals surface area contributed by atoms with E-state index >= 15 is 0 Å². The molecule has 3 heteroatoms. The first kappa shape index (κ1) is 13.7. The molecule has 0 atom stereocenters. The molecule has 1 aromatic heterocycles. The molecule has 0 spiro atoms. The number of aromatic amines is 1. The molecule has 0 aliphatic heterocycles. The van der Waals surface area contributed by atoms with Crippen LogP contribution in [0.5, 0.6) is 0 Å². The van der Waals surface area contributed by atoms with Crippen molar-refractivity contribution in [1.82, 2.24) is 4.98 Å². The molecule has 0 aliphatic rings. The quantitative estimate of drug-likeness (QED) is 0.519. The fourth-order valence-electron chi connectivity index (χ4n) is 1.58. The lowest BCUT2D eigenvalue weighted by molar-refractivity contribution is -0.677. The summed E-state index contributed by atoms with van der Waals surface area (Å²) in [4.78, 5) is 3.26. The second kappa shape index (κ2) is 8.04. The lowest BCUT2D eigenvalue weighted by Gasteiger charge is -1.97. The molecule has 1 aromatic rings. The lowest BCUT2D eigenvalue weighted by atomic mass is 10.1. The molecule has 0 fully saturated rings. The Morgan fingerprint density at radius 2 is 1.93 bits per heavy atom. The summed E-state index contributed by atoms with van der Waals surface area (Å²) in [5.74, 6) is 1.34. The van der Waals surface area contributed by atoms with Crippen LogP contribution in [0.2, 0.25) is 0 Å². The van der Waals surface area contributed by atoms with Crippen molar-refractivity contribution in [3.05, 3.63) is 18.2 Å². The van der Waals surface area contributed by atoms with Gasteiger partial charge in [0.15, 0.2) is 0 Å². The van der Waals surface area contributed by atoms with Crippen LogP contribution in [0.25, 0.3) is 0 Å². The smallest absolute Gasteiger partial charge is 0.253 e. The number of hydrogen-bond donors (Lipinski definition) is 1. The number of hydrogen-bond acceptors (Lipinski definition) is 0. The standard InChI is InChI=1S/C11H20N2.BrH/c1-3-4-5-6-7-8-11-12-9-10-13(11)2;/h9-10H,3-8H2,1-2H3;1H. The van der Waals surface area contributed by atoms with Crippen molar-refractivity contribution < 1.29 is 21.5 Å². The number of H-pyrrole nitrogens is 1. The third-order valence-corrected chi connectivity index (χ3v) is 2.49. The monoisotopic (exact) mass is 260 g/mol. The van der Waals surface area contributed by atoms with E-state index in [9.17, 15) is 0 Å². The maximum atomic E-state index is 3.26. The molecule has 0 radical (unpaired) electrons. The summed E-state index contributed by atoms with van der Waals surface area (Å²) < 4.78 is 2.17. The number of nitrogens with zero attached hydrogens (tertiary/aromatic N) is 1. The first-order valence-corrected chi connectivity index (χ1v) is 5.36. The second-order valence-corrected chi connectivity index (χ2v) is 3.68. The Morgan fingerprint density at radius 1 is 1.21 bits per heavy atom. The predicted molar refractivity (Wildman–Crippen MR) is 54.4 cm³/mol. The van der Waals surface area contributed by atoms with Crippen LogP contribution >= 0.6 is 0 Å². The molecule has 0 saturated heterocycles. The van der Waals surface area contributed by atoms with E-state index in [4.69, 9.17) is 0 Å². The number of aryl methyl sites for hydroxylation is 2. The molecule has 0 unspecified atom stereocenters. The van der Waals surface area contributed by atoms with Crippen LogP contribution in [-0.4, -0.2) is 4.98 Å².